The van der Waals surface area contributed by atoms with Crippen LogP contribution >= 0.6 is 0 Å². The van der Waals surface area contributed by atoms with Crippen molar-refractivity contribution in [1.82, 2.24) is 0 Å². The van der Waals surface area contributed by atoms with Gasteiger partial charge in [0.2, 0.25) is 0 Å². The second-order valence-electron chi connectivity index (χ2n) is 3.36. The number of rotatable bonds is 2. The number of aromatic nitrogens is 1. The summed E-state index contributed by atoms with van der Waals surface area (Å²) in [6.07, 6.45) is 4.03. The van der Waals surface area contributed by atoms with E-state index in [1.165, 1.54) is 0 Å². The monoisotopic (exact) mass is 230 g/mol. The van der Waals surface area contributed by atoms with E-state index in [-0.39, 0.29) is 12.4 Å². The van der Waals surface area contributed by atoms with Gasteiger partial charge in [-0.25, -0.2) is 4.57 Å². The quantitative estimate of drug-likeness (QED) is 0.602. The molecule has 0 unspecified atom stereocenters. The third kappa shape index (κ3) is 3.08. The minimum Gasteiger partial charge on any atom is -1.00 e. The van der Waals surface area contributed by atoms with Gasteiger partial charge in [-0.3, -0.25) is 0 Å². The molecule has 0 bridgehead atoms. The SMILES string of the molecule is N#Cc1cccc(C[n+]2ccccc2)c1.[Cl-]. The lowest BCUT2D eigenvalue weighted by atomic mass is 10.1. The number of nitrogens with zero attached hydrogens (tertiary/aromatic N) is 2. The number of pyridine rings is 1. The van der Waals surface area contributed by atoms with Crippen LogP contribution in [0.4, 0.5) is 0 Å². The van der Waals surface area contributed by atoms with Gasteiger partial charge in [-0.15, -0.1) is 0 Å². The van der Waals surface area contributed by atoms with E-state index in [0.717, 1.165) is 12.1 Å². The van der Waals surface area contributed by atoms with Crippen LogP contribution in [0.2, 0.25) is 0 Å². The molecule has 1 aromatic heterocycles. The second kappa shape index (κ2) is 5.89. The Bertz CT molecular complexity index is 489. The van der Waals surface area contributed by atoms with Crippen LogP contribution in [0.25, 0.3) is 0 Å². The third-order valence-corrected chi connectivity index (χ3v) is 2.20. The number of benzene rings is 1. The highest BCUT2D eigenvalue weighted by Crippen LogP contribution is 2.03. The maximum absolute atomic E-state index is 8.77. The Balaban J connectivity index is 0.00000128. The number of halogens is 1. The summed E-state index contributed by atoms with van der Waals surface area (Å²) in [7, 11) is 0. The molecule has 0 aliphatic rings. The molecule has 2 rings (SSSR count). The lowest BCUT2D eigenvalue weighted by Crippen LogP contribution is -3.00. The first kappa shape index (κ1) is 12.2. The zero-order chi connectivity index (χ0) is 10.5. The van der Waals surface area contributed by atoms with Crippen molar-refractivity contribution in [3.05, 3.63) is 66.0 Å². The van der Waals surface area contributed by atoms with E-state index >= 15 is 0 Å². The van der Waals surface area contributed by atoms with Crippen LogP contribution in [0.1, 0.15) is 11.1 Å². The van der Waals surface area contributed by atoms with E-state index in [4.69, 9.17) is 5.26 Å². The smallest absolute Gasteiger partial charge is 0.173 e. The van der Waals surface area contributed by atoms with Gasteiger partial charge in [-0.1, -0.05) is 18.2 Å². The van der Waals surface area contributed by atoms with Gasteiger partial charge < -0.3 is 12.4 Å². The van der Waals surface area contributed by atoms with Gasteiger partial charge in [-0.2, -0.15) is 5.26 Å². The van der Waals surface area contributed by atoms with Crippen LogP contribution in [0, 0.1) is 11.3 Å². The van der Waals surface area contributed by atoms with Crippen LogP contribution in [-0.2, 0) is 6.54 Å². The first-order valence-electron chi connectivity index (χ1n) is 4.81. The van der Waals surface area contributed by atoms with Gasteiger partial charge in [0.15, 0.2) is 18.9 Å². The predicted molar refractivity (Wildman–Crippen MR) is 56.9 cm³/mol. The Hall–Kier alpha value is -1.85. The largest absolute Gasteiger partial charge is 1.00 e. The van der Waals surface area contributed by atoms with Crippen LogP contribution in [0.15, 0.2) is 54.9 Å². The summed E-state index contributed by atoms with van der Waals surface area (Å²) in [6.45, 7) is 0.802. The maximum Gasteiger partial charge on any atom is 0.173 e. The molecule has 0 saturated carbocycles. The molecule has 0 aliphatic carbocycles. The average Bonchev–Trinajstić information content (AvgIpc) is 2.31. The molecule has 80 valence electrons. The fourth-order valence-corrected chi connectivity index (χ4v) is 1.49. The van der Waals surface area contributed by atoms with E-state index in [1.54, 1.807) is 0 Å². The molecule has 0 atom stereocenters. The van der Waals surface area contributed by atoms with E-state index in [2.05, 4.69) is 10.6 Å². The van der Waals surface area contributed by atoms with Crippen LogP contribution in [-0.4, -0.2) is 0 Å². The number of nitriles is 1. The molecule has 0 spiro atoms. The number of hydrogen-bond acceptors (Lipinski definition) is 1. The Morgan fingerprint density at radius 1 is 1.06 bits per heavy atom. The van der Waals surface area contributed by atoms with Crippen molar-refractivity contribution in [2.75, 3.05) is 0 Å². The molecule has 0 N–H and O–H groups in total. The van der Waals surface area contributed by atoms with E-state index < -0.39 is 0 Å². The average molecular weight is 231 g/mol. The summed E-state index contributed by atoms with van der Waals surface area (Å²) in [4.78, 5) is 0. The standard InChI is InChI=1S/C13H11N2.ClH/c14-10-12-5-4-6-13(9-12)11-15-7-2-1-3-8-15;/h1-9H,11H2;1H/q+1;/p-1. The van der Waals surface area contributed by atoms with Crippen LogP contribution < -0.4 is 17.0 Å². The van der Waals surface area contributed by atoms with E-state index in [9.17, 15) is 0 Å². The Morgan fingerprint density at radius 3 is 2.50 bits per heavy atom. The molecule has 16 heavy (non-hydrogen) atoms. The fraction of sp³-hybridized carbons (Fsp3) is 0.0769. The van der Waals surface area contributed by atoms with Crippen LogP contribution in [0.5, 0.6) is 0 Å². The molecule has 0 amide bonds. The molecule has 1 heterocycles. The highest BCUT2D eigenvalue weighted by molar-refractivity contribution is 5.32. The third-order valence-electron chi connectivity index (χ3n) is 2.20. The Kier molecular flexibility index (Phi) is 4.50. The number of hydrogen-bond donors (Lipinski definition) is 0. The molecular formula is C13H11ClN2. The van der Waals surface area contributed by atoms with Crippen molar-refractivity contribution in [2.45, 2.75) is 6.54 Å². The van der Waals surface area contributed by atoms with Crippen molar-refractivity contribution < 1.29 is 17.0 Å². The van der Waals surface area contributed by atoms with Gasteiger partial charge in [0.1, 0.15) is 0 Å². The lowest BCUT2D eigenvalue weighted by Gasteiger charge is -1.97. The lowest BCUT2D eigenvalue weighted by molar-refractivity contribution is -0.688. The summed E-state index contributed by atoms with van der Waals surface area (Å²) in [5.74, 6) is 0. The Morgan fingerprint density at radius 2 is 1.81 bits per heavy atom. The summed E-state index contributed by atoms with van der Waals surface area (Å²) >= 11 is 0. The van der Waals surface area contributed by atoms with Gasteiger partial charge >= 0.3 is 0 Å². The van der Waals surface area contributed by atoms with Crippen LogP contribution in [0.3, 0.4) is 0 Å². The first-order valence-corrected chi connectivity index (χ1v) is 4.81. The zero-order valence-corrected chi connectivity index (χ0v) is 9.43. The molecule has 0 aliphatic heterocycles. The van der Waals surface area contributed by atoms with E-state index in [0.29, 0.717) is 5.56 Å². The minimum absolute atomic E-state index is 0. The summed E-state index contributed by atoms with van der Waals surface area (Å²) in [6, 6.07) is 15.8. The highest BCUT2D eigenvalue weighted by Gasteiger charge is 2.01. The molecule has 2 nitrogen and oxygen atoms in total. The summed E-state index contributed by atoms with van der Waals surface area (Å²) in [5.41, 5.74) is 1.86. The van der Waals surface area contributed by atoms with Gasteiger partial charge in [0, 0.05) is 17.7 Å². The van der Waals surface area contributed by atoms with Gasteiger partial charge in [-0.05, 0) is 12.1 Å². The van der Waals surface area contributed by atoms with E-state index in [1.807, 2.05) is 54.9 Å². The molecular weight excluding hydrogens is 220 g/mol. The molecule has 2 aromatic rings. The maximum atomic E-state index is 8.77. The Labute approximate surface area is 101 Å². The fourth-order valence-electron chi connectivity index (χ4n) is 1.49. The van der Waals surface area contributed by atoms with Crippen molar-refractivity contribution in [3.63, 3.8) is 0 Å². The van der Waals surface area contributed by atoms with Gasteiger partial charge in [0.25, 0.3) is 0 Å². The molecule has 1 aromatic carbocycles. The molecule has 0 radical (unpaired) electrons. The normalized spacial score (nSPS) is 8.94. The van der Waals surface area contributed by atoms with Crippen molar-refractivity contribution in [3.8, 4) is 6.07 Å². The molecule has 0 fully saturated rings. The van der Waals surface area contributed by atoms with Crippen molar-refractivity contribution in [1.29, 1.82) is 5.26 Å². The molecule has 3 heteroatoms. The molecule has 0 saturated heterocycles. The highest BCUT2D eigenvalue weighted by atomic mass is 35.5. The second-order valence-corrected chi connectivity index (χ2v) is 3.36. The van der Waals surface area contributed by atoms with Crippen molar-refractivity contribution in [2.24, 2.45) is 0 Å². The summed E-state index contributed by atoms with van der Waals surface area (Å²) < 4.78 is 2.08. The topological polar surface area (TPSA) is 27.7 Å². The minimum atomic E-state index is 0. The predicted octanol–water partition coefficient (Wildman–Crippen LogP) is -1.10. The summed E-state index contributed by atoms with van der Waals surface area (Å²) in [5, 5.41) is 8.77. The first-order chi connectivity index (χ1) is 7.38. The van der Waals surface area contributed by atoms with Crippen molar-refractivity contribution >= 4 is 0 Å². The van der Waals surface area contributed by atoms with Gasteiger partial charge in [0.05, 0.1) is 11.6 Å². The zero-order valence-electron chi connectivity index (χ0n) is 8.68.